The molecule has 0 atom stereocenters. The summed E-state index contributed by atoms with van der Waals surface area (Å²) in [6, 6.07) is 14.8. The first-order valence-corrected chi connectivity index (χ1v) is 6.93. The van der Waals surface area contributed by atoms with Gasteiger partial charge in [-0.3, -0.25) is 4.79 Å². The first kappa shape index (κ1) is 15.5. The van der Waals surface area contributed by atoms with Crippen molar-refractivity contribution in [2.75, 3.05) is 6.61 Å². The molecule has 0 saturated heterocycles. The normalized spacial score (nSPS) is 10.4. The lowest BCUT2D eigenvalue weighted by Gasteiger charge is -2.04. The van der Waals surface area contributed by atoms with Gasteiger partial charge >= 0.3 is 0 Å². The molecule has 0 spiro atoms. The Morgan fingerprint density at radius 1 is 1.23 bits per heavy atom. The van der Waals surface area contributed by atoms with Gasteiger partial charge in [0.1, 0.15) is 12.4 Å². The van der Waals surface area contributed by atoms with E-state index >= 15 is 0 Å². The van der Waals surface area contributed by atoms with Crippen LogP contribution in [0.1, 0.15) is 21.5 Å². The van der Waals surface area contributed by atoms with E-state index in [9.17, 15) is 4.79 Å². The van der Waals surface area contributed by atoms with Gasteiger partial charge < -0.3 is 4.74 Å². The molecule has 1 N–H and O–H groups in total. The average Bonchev–Trinajstić information content (AvgIpc) is 2.54. The van der Waals surface area contributed by atoms with Crippen LogP contribution in [0.4, 0.5) is 0 Å². The number of nitrogens with one attached hydrogen (secondary N) is 1. The van der Waals surface area contributed by atoms with E-state index in [0.717, 1.165) is 16.9 Å². The molecule has 0 aliphatic carbocycles. The van der Waals surface area contributed by atoms with Crippen molar-refractivity contribution in [3.8, 4) is 5.75 Å². The Kier molecular flexibility index (Phi) is 5.49. The molecule has 1 amide bonds. The fraction of sp³-hybridized carbons (Fsp3) is 0.111. The van der Waals surface area contributed by atoms with Crippen molar-refractivity contribution in [2.24, 2.45) is 5.10 Å². The van der Waals surface area contributed by atoms with Crippen LogP contribution in [-0.4, -0.2) is 18.7 Å². The highest BCUT2D eigenvalue weighted by Gasteiger charge is 2.05. The maximum absolute atomic E-state index is 12.0. The second-order valence-corrected chi connectivity index (χ2v) is 4.68. The summed E-state index contributed by atoms with van der Waals surface area (Å²) < 4.78 is 5.39. The fourth-order valence-electron chi connectivity index (χ4n) is 1.86. The van der Waals surface area contributed by atoms with Crippen molar-refractivity contribution in [3.05, 3.63) is 77.9 Å². The van der Waals surface area contributed by atoms with Gasteiger partial charge in [-0.05, 0) is 48.4 Å². The maximum atomic E-state index is 12.0. The summed E-state index contributed by atoms with van der Waals surface area (Å²) in [5.41, 5.74) is 4.93. The van der Waals surface area contributed by atoms with Crippen LogP contribution in [0.3, 0.4) is 0 Å². The van der Waals surface area contributed by atoms with Crippen molar-refractivity contribution in [1.82, 2.24) is 5.43 Å². The summed E-state index contributed by atoms with van der Waals surface area (Å²) in [4.78, 5) is 12.0. The minimum atomic E-state index is -0.222. The van der Waals surface area contributed by atoms with Gasteiger partial charge in [-0.25, -0.2) is 5.43 Å². The Morgan fingerprint density at radius 2 is 1.95 bits per heavy atom. The smallest absolute Gasteiger partial charge is 0.271 e. The first-order valence-electron chi connectivity index (χ1n) is 6.93. The molecule has 0 aliphatic rings. The highest BCUT2D eigenvalue weighted by atomic mass is 16.5. The summed E-state index contributed by atoms with van der Waals surface area (Å²) in [6.07, 6.45) is 3.28. The third kappa shape index (κ3) is 4.31. The number of hydrogen-bond acceptors (Lipinski definition) is 3. The van der Waals surface area contributed by atoms with E-state index in [4.69, 9.17) is 4.74 Å². The van der Waals surface area contributed by atoms with E-state index in [1.807, 2.05) is 49.4 Å². The van der Waals surface area contributed by atoms with Crippen LogP contribution in [0.25, 0.3) is 0 Å². The van der Waals surface area contributed by atoms with Gasteiger partial charge in [0.25, 0.3) is 5.91 Å². The zero-order valence-corrected chi connectivity index (χ0v) is 12.5. The number of aryl methyl sites for hydroxylation is 1. The number of carbonyl (C=O) groups excluding carboxylic acids is 1. The Balaban J connectivity index is 1.93. The molecule has 2 aromatic rings. The molecule has 0 heterocycles. The van der Waals surface area contributed by atoms with Crippen LogP contribution in [0.15, 0.2) is 66.3 Å². The van der Waals surface area contributed by atoms with E-state index in [1.165, 1.54) is 0 Å². The minimum Gasteiger partial charge on any atom is -0.490 e. The van der Waals surface area contributed by atoms with Gasteiger partial charge in [0.2, 0.25) is 0 Å². The van der Waals surface area contributed by atoms with Crippen molar-refractivity contribution in [2.45, 2.75) is 6.92 Å². The molecule has 0 bridgehead atoms. The van der Waals surface area contributed by atoms with Crippen LogP contribution in [0, 0.1) is 6.92 Å². The minimum absolute atomic E-state index is 0.222. The molecule has 112 valence electrons. The molecule has 0 saturated carbocycles. The molecular weight excluding hydrogens is 276 g/mol. The van der Waals surface area contributed by atoms with E-state index in [0.29, 0.717) is 12.2 Å². The number of nitrogens with zero attached hydrogens (tertiary/aromatic N) is 1. The van der Waals surface area contributed by atoms with Crippen molar-refractivity contribution in [1.29, 1.82) is 0 Å². The number of benzene rings is 2. The summed E-state index contributed by atoms with van der Waals surface area (Å²) >= 11 is 0. The van der Waals surface area contributed by atoms with Gasteiger partial charge in [-0.1, -0.05) is 30.9 Å². The third-order valence-corrected chi connectivity index (χ3v) is 3.02. The highest BCUT2D eigenvalue weighted by Crippen LogP contribution is 2.11. The lowest BCUT2D eigenvalue weighted by Crippen LogP contribution is -2.18. The van der Waals surface area contributed by atoms with E-state index in [2.05, 4.69) is 17.1 Å². The van der Waals surface area contributed by atoms with Gasteiger partial charge in [0.15, 0.2) is 0 Å². The summed E-state index contributed by atoms with van der Waals surface area (Å²) in [7, 11) is 0. The second kappa shape index (κ2) is 7.78. The van der Waals surface area contributed by atoms with Gasteiger partial charge in [0.05, 0.1) is 6.21 Å². The maximum Gasteiger partial charge on any atom is 0.271 e. The monoisotopic (exact) mass is 294 g/mol. The number of carbonyl (C=O) groups is 1. The van der Waals surface area contributed by atoms with Gasteiger partial charge in [0, 0.05) is 5.56 Å². The first-order chi connectivity index (χ1) is 10.7. The fourth-order valence-corrected chi connectivity index (χ4v) is 1.86. The summed E-state index contributed by atoms with van der Waals surface area (Å²) in [5.74, 6) is 0.543. The number of rotatable bonds is 6. The molecular formula is C18H18N2O2. The van der Waals surface area contributed by atoms with E-state index < -0.39 is 0 Å². The van der Waals surface area contributed by atoms with Crippen LogP contribution < -0.4 is 10.2 Å². The Labute approximate surface area is 130 Å². The molecule has 4 nitrogen and oxygen atoms in total. The molecule has 0 aromatic heterocycles. The number of amides is 1. The highest BCUT2D eigenvalue weighted by molar-refractivity contribution is 5.96. The molecule has 2 rings (SSSR count). The quantitative estimate of drug-likeness (QED) is 0.505. The Bertz CT molecular complexity index is 676. The molecule has 4 heteroatoms. The number of hydrazone groups is 1. The average molecular weight is 294 g/mol. The molecule has 0 aliphatic heterocycles. The van der Waals surface area contributed by atoms with Gasteiger partial charge in [-0.15, -0.1) is 0 Å². The van der Waals surface area contributed by atoms with Gasteiger partial charge in [-0.2, -0.15) is 5.10 Å². The molecule has 0 radical (unpaired) electrons. The van der Waals surface area contributed by atoms with Crippen LogP contribution in [0.5, 0.6) is 5.75 Å². The second-order valence-electron chi connectivity index (χ2n) is 4.68. The molecule has 22 heavy (non-hydrogen) atoms. The zero-order valence-electron chi connectivity index (χ0n) is 12.5. The molecule has 0 unspecified atom stereocenters. The topological polar surface area (TPSA) is 50.7 Å². The third-order valence-electron chi connectivity index (χ3n) is 3.02. The molecule has 2 aromatic carbocycles. The van der Waals surface area contributed by atoms with E-state index in [-0.39, 0.29) is 5.91 Å². The predicted molar refractivity (Wildman–Crippen MR) is 88.4 cm³/mol. The largest absolute Gasteiger partial charge is 0.490 e. The van der Waals surface area contributed by atoms with E-state index in [1.54, 1.807) is 18.4 Å². The number of ether oxygens (including phenoxy) is 1. The standard InChI is InChI=1S/C18H18N2O2/c1-3-12-22-16-10-8-15(9-11-16)13-19-20-18(21)17-7-5-4-6-14(17)2/h3-11,13H,1,12H2,2H3,(H,20,21)/b19-13-. The zero-order chi connectivity index (χ0) is 15.8. The van der Waals surface area contributed by atoms with Crippen molar-refractivity contribution >= 4 is 12.1 Å². The molecule has 0 fully saturated rings. The van der Waals surface area contributed by atoms with Crippen molar-refractivity contribution < 1.29 is 9.53 Å². The SMILES string of the molecule is C=CCOc1ccc(/C=N\NC(=O)c2ccccc2C)cc1. The van der Waals surface area contributed by atoms with Crippen LogP contribution in [-0.2, 0) is 0 Å². The van der Waals surface area contributed by atoms with Crippen molar-refractivity contribution in [3.63, 3.8) is 0 Å². The number of hydrogen-bond donors (Lipinski definition) is 1. The Morgan fingerprint density at radius 3 is 2.64 bits per heavy atom. The predicted octanol–water partition coefficient (Wildman–Crippen LogP) is 3.32. The van der Waals surface area contributed by atoms with Crippen LogP contribution >= 0.6 is 0 Å². The Hall–Kier alpha value is -2.88. The summed E-state index contributed by atoms with van der Waals surface area (Å²) in [6.45, 7) is 5.96. The lowest BCUT2D eigenvalue weighted by molar-refractivity contribution is 0.0954. The van der Waals surface area contributed by atoms with Crippen LogP contribution in [0.2, 0.25) is 0 Å². The summed E-state index contributed by atoms with van der Waals surface area (Å²) in [5, 5.41) is 3.97. The lowest BCUT2D eigenvalue weighted by atomic mass is 10.1.